The lowest BCUT2D eigenvalue weighted by atomic mass is 10.1. The van der Waals surface area contributed by atoms with E-state index in [0.29, 0.717) is 12.4 Å². The fraction of sp³-hybridized carbons (Fsp3) is 0.118. The van der Waals surface area contributed by atoms with Crippen molar-refractivity contribution in [2.24, 2.45) is 0 Å². The van der Waals surface area contributed by atoms with Crippen LogP contribution in [0.15, 0.2) is 48.5 Å². The van der Waals surface area contributed by atoms with Crippen LogP contribution in [-0.2, 0) is 11.4 Å². The lowest BCUT2D eigenvalue weighted by molar-refractivity contribution is -0.131. The zero-order valence-electron chi connectivity index (χ0n) is 11.5. The first-order valence-electron chi connectivity index (χ1n) is 6.43. The summed E-state index contributed by atoms with van der Waals surface area (Å²) < 4.78 is 18.5. The number of benzene rings is 2. The van der Waals surface area contributed by atoms with Crippen molar-refractivity contribution in [1.82, 2.24) is 0 Å². The lowest BCUT2D eigenvalue weighted by Gasteiger charge is -2.10. The summed E-state index contributed by atoms with van der Waals surface area (Å²) in [5, 5.41) is 8.59. The molecule has 108 valence electrons. The van der Waals surface area contributed by atoms with Crippen LogP contribution in [-0.4, -0.2) is 11.1 Å². The number of hydrogen-bond donors (Lipinski definition) is 1. The second-order valence-corrected chi connectivity index (χ2v) is 4.61. The van der Waals surface area contributed by atoms with E-state index < -0.39 is 5.97 Å². The minimum absolute atomic E-state index is 0.274. The summed E-state index contributed by atoms with van der Waals surface area (Å²) in [6.07, 6.45) is 2.62. The van der Waals surface area contributed by atoms with Gasteiger partial charge in [-0.2, -0.15) is 0 Å². The molecule has 0 atom stereocenters. The van der Waals surface area contributed by atoms with Gasteiger partial charge in [-0.3, -0.25) is 0 Å². The van der Waals surface area contributed by atoms with E-state index >= 15 is 0 Å². The Morgan fingerprint density at radius 2 is 1.95 bits per heavy atom. The van der Waals surface area contributed by atoms with Crippen LogP contribution in [0.25, 0.3) is 6.08 Å². The van der Waals surface area contributed by atoms with Gasteiger partial charge in [0, 0.05) is 6.08 Å². The highest BCUT2D eigenvalue weighted by Crippen LogP contribution is 2.21. The second kappa shape index (κ2) is 6.70. The molecule has 0 radical (unpaired) electrons. The molecule has 21 heavy (non-hydrogen) atoms. The quantitative estimate of drug-likeness (QED) is 0.850. The van der Waals surface area contributed by atoms with E-state index in [1.165, 1.54) is 18.2 Å². The number of aryl methyl sites for hydroxylation is 1. The van der Waals surface area contributed by atoms with E-state index in [0.717, 1.165) is 22.8 Å². The van der Waals surface area contributed by atoms with E-state index in [1.807, 2.05) is 13.0 Å². The molecule has 0 spiro atoms. The van der Waals surface area contributed by atoms with Crippen LogP contribution >= 0.6 is 0 Å². The minimum atomic E-state index is -0.982. The van der Waals surface area contributed by atoms with Gasteiger partial charge in [0.15, 0.2) is 0 Å². The molecule has 0 fully saturated rings. The minimum Gasteiger partial charge on any atom is -0.489 e. The molecule has 1 N–H and O–H groups in total. The highest BCUT2D eigenvalue weighted by Gasteiger charge is 2.02. The normalized spacial score (nSPS) is 10.8. The number of rotatable bonds is 5. The first kappa shape index (κ1) is 14.8. The fourth-order valence-electron chi connectivity index (χ4n) is 1.85. The topological polar surface area (TPSA) is 46.5 Å². The number of carboxylic acids is 1. The monoisotopic (exact) mass is 286 g/mol. The summed E-state index contributed by atoms with van der Waals surface area (Å²) in [6.45, 7) is 2.24. The van der Waals surface area contributed by atoms with Gasteiger partial charge in [0.1, 0.15) is 18.2 Å². The molecule has 0 saturated heterocycles. The third-order valence-electron chi connectivity index (χ3n) is 2.92. The Morgan fingerprint density at radius 3 is 2.57 bits per heavy atom. The van der Waals surface area contributed by atoms with Gasteiger partial charge in [0.2, 0.25) is 0 Å². The number of ether oxygens (including phenoxy) is 1. The molecule has 0 aromatic heterocycles. The average molecular weight is 286 g/mol. The summed E-state index contributed by atoms with van der Waals surface area (Å²) in [7, 11) is 0. The Labute approximate surface area is 122 Å². The molecule has 0 saturated carbocycles. The fourth-order valence-corrected chi connectivity index (χ4v) is 1.85. The molecule has 0 bridgehead atoms. The third-order valence-corrected chi connectivity index (χ3v) is 2.92. The molecular weight excluding hydrogens is 271 g/mol. The number of carboxylic acid groups (broad SMARTS) is 1. The Bertz CT molecular complexity index is 660. The van der Waals surface area contributed by atoms with Gasteiger partial charge in [-0.15, -0.1) is 0 Å². The van der Waals surface area contributed by atoms with E-state index in [9.17, 15) is 9.18 Å². The van der Waals surface area contributed by atoms with Crippen LogP contribution in [0.4, 0.5) is 4.39 Å². The smallest absolute Gasteiger partial charge is 0.328 e. The van der Waals surface area contributed by atoms with Crippen molar-refractivity contribution in [3.05, 3.63) is 71.0 Å². The first-order chi connectivity index (χ1) is 10.0. The van der Waals surface area contributed by atoms with Crippen LogP contribution in [0.3, 0.4) is 0 Å². The van der Waals surface area contributed by atoms with Crippen molar-refractivity contribution < 1.29 is 19.0 Å². The highest BCUT2D eigenvalue weighted by atomic mass is 19.1. The molecule has 0 aliphatic carbocycles. The number of carbonyl (C=O) groups is 1. The lowest BCUT2D eigenvalue weighted by Crippen LogP contribution is -1.97. The molecule has 3 nitrogen and oxygen atoms in total. The molecule has 0 unspecified atom stereocenters. The maximum Gasteiger partial charge on any atom is 0.328 e. The number of halogens is 1. The number of aliphatic carboxylic acids is 1. The predicted octanol–water partition coefficient (Wildman–Crippen LogP) is 3.81. The first-order valence-corrected chi connectivity index (χ1v) is 6.43. The molecule has 4 heteroatoms. The Morgan fingerprint density at radius 1 is 1.24 bits per heavy atom. The highest BCUT2D eigenvalue weighted by molar-refractivity contribution is 5.85. The Hall–Kier alpha value is -2.62. The number of hydrogen-bond acceptors (Lipinski definition) is 2. The summed E-state index contributed by atoms with van der Waals surface area (Å²) in [5.74, 6) is -0.541. The molecule has 0 heterocycles. The van der Waals surface area contributed by atoms with Gasteiger partial charge < -0.3 is 9.84 Å². The van der Waals surface area contributed by atoms with Crippen molar-refractivity contribution in [3.63, 3.8) is 0 Å². The van der Waals surface area contributed by atoms with Crippen LogP contribution in [0.5, 0.6) is 5.75 Å². The standard InChI is InChI=1S/C17H15FO3/c1-12-10-13(5-9-17(19)20)4-8-16(12)21-11-14-2-6-15(18)7-3-14/h2-10H,11H2,1H3,(H,19,20)/b9-5+. The third kappa shape index (κ3) is 4.45. The van der Waals surface area contributed by atoms with Gasteiger partial charge >= 0.3 is 5.97 Å². The Balaban J connectivity index is 2.04. The molecular formula is C17H15FO3. The Kier molecular flexibility index (Phi) is 4.72. The van der Waals surface area contributed by atoms with Crippen molar-refractivity contribution in [1.29, 1.82) is 0 Å². The van der Waals surface area contributed by atoms with Gasteiger partial charge in [-0.25, -0.2) is 9.18 Å². The summed E-state index contributed by atoms with van der Waals surface area (Å²) in [4.78, 5) is 10.5. The van der Waals surface area contributed by atoms with E-state index in [2.05, 4.69) is 0 Å². The van der Waals surface area contributed by atoms with Crippen LogP contribution in [0.2, 0.25) is 0 Å². The summed E-state index contributed by atoms with van der Waals surface area (Å²) >= 11 is 0. The van der Waals surface area contributed by atoms with Gasteiger partial charge in [0.25, 0.3) is 0 Å². The van der Waals surface area contributed by atoms with Gasteiger partial charge in [-0.1, -0.05) is 18.2 Å². The van der Waals surface area contributed by atoms with Gasteiger partial charge in [0.05, 0.1) is 0 Å². The maximum absolute atomic E-state index is 12.8. The zero-order chi connectivity index (χ0) is 15.2. The predicted molar refractivity (Wildman–Crippen MR) is 78.6 cm³/mol. The van der Waals surface area contributed by atoms with Crippen molar-refractivity contribution >= 4 is 12.0 Å². The van der Waals surface area contributed by atoms with E-state index in [4.69, 9.17) is 9.84 Å². The second-order valence-electron chi connectivity index (χ2n) is 4.61. The van der Waals surface area contributed by atoms with Crippen LogP contribution in [0, 0.1) is 12.7 Å². The van der Waals surface area contributed by atoms with Gasteiger partial charge in [-0.05, 0) is 54.0 Å². The SMILES string of the molecule is Cc1cc(/C=C/C(=O)O)ccc1OCc1ccc(F)cc1. The summed E-state index contributed by atoms with van der Waals surface area (Å²) in [6, 6.07) is 11.6. The average Bonchev–Trinajstić information content (AvgIpc) is 2.46. The maximum atomic E-state index is 12.8. The molecule has 0 aliphatic rings. The molecule has 2 rings (SSSR count). The molecule has 2 aromatic rings. The summed E-state index contributed by atoms with van der Waals surface area (Å²) in [5.41, 5.74) is 2.58. The van der Waals surface area contributed by atoms with Crippen molar-refractivity contribution in [3.8, 4) is 5.75 Å². The molecule has 2 aromatic carbocycles. The van der Waals surface area contributed by atoms with E-state index in [1.54, 1.807) is 24.3 Å². The van der Waals surface area contributed by atoms with E-state index in [-0.39, 0.29) is 5.82 Å². The van der Waals surface area contributed by atoms with Crippen molar-refractivity contribution in [2.45, 2.75) is 13.5 Å². The molecule has 0 amide bonds. The van der Waals surface area contributed by atoms with Crippen LogP contribution < -0.4 is 4.74 Å². The molecule has 0 aliphatic heterocycles. The van der Waals surface area contributed by atoms with Crippen LogP contribution in [0.1, 0.15) is 16.7 Å². The zero-order valence-corrected chi connectivity index (χ0v) is 11.5. The largest absolute Gasteiger partial charge is 0.489 e. The van der Waals surface area contributed by atoms with Crippen molar-refractivity contribution in [2.75, 3.05) is 0 Å².